The van der Waals surface area contributed by atoms with Gasteiger partial charge < -0.3 is 10.1 Å². The molecule has 0 aliphatic rings. The van der Waals surface area contributed by atoms with E-state index in [4.69, 9.17) is 16.3 Å². The van der Waals surface area contributed by atoms with Crippen LogP contribution in [-0.2, 0) is 0 Å². The summed E-state index contributed by atoms with van der Waals surface area (Å²) in [4.78, 5) is 11.9. The van der Waals surface area contributed by atoms with E-state index < -0.39 is 0 Å². The second-order valence-electron chi connectivity index (χ2n) is 4.01. The molecule has 1 amide bonds. The van der Waals surface area contributed by atoms with Crippen LogP contribution in [0.5, 0.6) is 5.75 Å². The standard InChI is InChI=1S/C13H18ClNO2/c1-4-5-9(2)15-13(16)10-6-7-12(17-3)11(14)8-10/h6-9H,4-5H2,1-3H3,(H,15,16). The summed E-state index contributed by atoms with van der Waals surface area (Å²) in [5.74, 6) is 0.473. The highest BCUT2D eigenvalue weighted by molar-refractivity contribution is 6.32. The summed E-state index contributed by atoms with van der Waals surface area (Å²) in [6.45, 7) is 4.08. The van der Waals surface area contributed by atoms with Crippen molar-refractivity contribution in [2.45, 2.75) is 32.7 Å². The van der Waals surface area contributed by atoms with Gasteiger partial charge >= 0.3 is 0 Å². The van der Waals surface area contributed by atoms with E-state index in [0.717, 1.165) is 12.8 Å². The lowest BCUT2D eigenvalue weighted by atomic mass is 10.1. The van der Waals surface area contributed by atoms with Gasteiger partial charge in [0, 0.05) is 11.6 Å². The summed E-state index contributed by atoms with van der Waals surface area (Å²) in [7, 11) is 1.55. The van der Waals surface area contributed by atoms with Gasteiger partial charge in [0.15, 0.2) is 0 Å². The van der Waals surface area contributed by atoms with Crippen molar-refractivity contribution >= 4 is 17.5 Å². The van der Waals surface area contributed by atoms with Gasteiger partial charge in [0.25, 0.3) is 5.91 Å². The summed E-state index contributed by atoms with van der Waals surface area (Å²) in [6, 6.07) is 5.20. The molecular formula is C13H18ClNO2. The first-order valence-corrected chi connectivity index (χ1v) is 6.10. The molecule has 3 nitrogen and oxygen atoms in total. The molecule has 1 aromatic carbocycles. The van der Waals surface area contributed by atoms with Gasteiger partial charge in [-0.1, -0.05) is 24.9 Å². The van der Waals surface area contributed by atoms with Crippen molar-refractivity contribution in [1.82, 2.24) is 5.32 Å². The number of rotatable bonds is 5. The van der Waals surface area contributed by atoms with Gasteiger partial charge in [0.2, 0.25) is 0 Å². The number of methoxy groups -OCH3 is 1. The monoisotopic (exact) mass is 255 g/mol. The van der Waals surface area contributed by atoms with Crippen LogP contribution in [0.4, 0.5) is 0 Å². The molecule has 1 atom stereocenters. The molecular weight excluding hydrogens is 238 g/mol. The van der Waals surface area contributed by atoms with Crippen LogP contribution in [-0.4, -0.2) is 19.1 Å². The fraction of sp³-hybridized carbons (Fsp3) is 0.462. The van der Waals surface area contributed by atoms with E-state index in [9.17, 15) is 4.79 Å². The first kappa shape index (κ1) is 13.8. The highest BCUT2D eigenvalue weighted by Crippen LogP contribution is 2.24. The number of ether oxygens (including phenoxy) is 1. The molecule has 0 heterocycles. The van der Waals surface area contributed by atoms with Crippen molar-refractivity contribution in [2.24, 2.45) is 0 Å². The number of hydrogen-bond acceptors (Lipinski definition) is 2. The van der Waals surface area contributed by atoms with E-state index in [1.165, 1.54) is 0 Å². The van der Waals surface area contributed by atoms with Gasteiger partial charge in [-0.25, -0.2) is 0 Å². The van der Waals surface area contributed by atoms with Crippen LogP contribution >= 0.6 is 11.6 Å². The molecule has 1 rings (SSSR count). The van der Waals surface area contributed by atoms with E-state index in [1.807, 2.05) is 6.92 Å². The molecule has 0 aliphatic carbocycles. The quantitative estimate of drug-likeness (QED) is 0.877. The molecule has 0 aliphatic heterocycles. The van der Waals surface area contributed by atoms with Crippen molar-refractivity contribution in [3.8, 4) is 5.75 Å². The normalized spacial score (nSPS) is 12.0. The number of halogens is 1. The Hall–Kier alpha value is -1.22. The number of carbonyl (C=O) groups excluding carboxylic acids is 1. The fourth-order valence-electron chi connectivity index (χ4n) is 1.62. The molecule has 1 unspecified atom stereocenters. The Morgan fingerprint density at radius 3 is 2.76 bits per heavy atom. The molecule has 0 aromatic heterocycles. The zero-order chi connectivity index (χ0) is 12.8. The Balaban J connectivity index is 2.72. The van der Waals surface area contributed by atoms with Crippen LogP contribution in [0.2, 0.25) is 5.02 Å². The predicted molar refractivity (Wildman–Crippen MR) is 69.8 cm³/mol. The van der Waals surface area contributed by atoms with Gasteiger partial charge in [-0.3, -0.25) is 4.79 Å². The number of carbonyl (C=O) groups is 1. The molecule has 0 saturated carbocycles. The highest BCUT2D eigenvalue weighted by Gasteiger charge is 2.11. The molecule has 0 fully saturated rings. The van der Waals surface area contributed by atoms with E-state index in [2.05, 4.69) is 12.2 Å². The van der Waals surface area contributed by atoms with Crippen LogP contribution < -0.4 is 10.1 Å². The topological polar surface area (TPSA) is 38.3 Å². The summed E-state index contributed by atoms with van der Waals surface area (Å²) in [5, 5.41) is 3.37. The molecule has 94 valence electrons. The first-order valence-electron chi connectivity index (χ1n) is 5.72. The second kappa shape index (κ2) is 6.50. The lowest BCUT2D eigenvalue weighted by Gasteiger charge is -2.13. The maximum Gasteiger partial charge on any atom is 0.251 e. The van der Waals surface area contributed by atoms with Crippen molar-refractivity contribution in [3.63, 3.8) is 0 Å². The molecule has 4 heteroatoms. The Bertz CT molecular complexity index is 393. The average Bonchev–Trinajstić information content (AvgIpc) is 2.29. The molecule has 0 bridgehead atoms. The number of nitrogens with one attached hydrogen (secondary N) is 1. The molecule has 1 aromatic rings. The van der Waals surface area contributed by atoms with Crippen LogP contribution in [0.3, 0.4) is 0 Å². The average molecular weight is 256 g/mol. The number of amides is 1. The lowest BCUT2D eigenvalue weighted by Crippen LogP contribution is -2.32. The maximum atomic E-state index is 11.9. The third-order valence-corrected chi connectivity index (χ3v) is 2.81. The minimum absolute atomic E-state index is 0.101. The summed E-state index contributed by atoms with van der Waals surface area (Å²) in [6.07, 6.45) is 2.01. The zero-order valence-electron chi connectivity index (χ0n) is 10.4. The highest BCUT2D eigenvalue weighted by atomic mass is 35.5. The van der Waals surface area contributed by atoms with Gasteiger partial charge in [-0.05, 0) is 31.5 Å². The molecule has 17 heavy (non-hydrogen) atoms. The Morgan fingerprint density at radius 2 is 2.24 bits per heavy atom. The molecule has 0 saturated heterocycles. The van der Waals surface area contributed by atoms with E-state index >= 15 is 0 Å². The predicted octanol–water partition coefficient (Wildman–Crippen LogP) is 3.27. The summed E-state index contributed by atoms with van der Waals surface area (Å²) < 4.78 is 5.04. The summed E-state index contributed by atoms with van der Waals surface area (Å²) >= 11 is 5.97. The van der Waals surface area contributed by atoms with E-state index in [-0.39, 0.29) is 11.9 Å². The second-order valence-corrected chi connectivity index (χ2v) is 4.42. The van der Waals surface area contributed by atoms with Gasteiger partial charge in [-0.15, -0.1) is 0 Å². The summed E-state index contributed by atoms with van der Waals surface area (Å²) in [5.41, 5.74) is 0.554. The van der Waals surface area contributed by atoms with Gasteiger partial charge in [0.05, 0.1) is 12.1 Å². The third kappa shape index (κ3) is 3.93. The third-order valence-electron chi connectivity index (χ3n) is 2.51. The number of benzene rings is 1. The van der Waals surface area contributed by atoms with Crippen molar-refractivity contribution < 1.29 is 9.53 Å². The molecule has 1 N–H and O–H groups in total. The van der Waals surface area contributed by atoms with Crippen LogP contribution in [0.15, 0.2) is 18.2 Å². The van der Waals surface area contributed by atoms with Crippen molar-refractivity contribution in [3.05, 3.63) is 28.8 Å². The fourth-order valence-corrected chi connectivity index (χ4v) is 1.88. The van der Waals surface area contributed by atoms with Crippen molar-refractivity contribution in [2.75, 3.05) is 7.11 Å². The molecule has 0 radical (unpaired) electrons. The minimum atomic E-state index is -0.101. The van der Waals surface area contributed by atoms with Crippen LogP contribution in [0.25, 0.3) is 0 Å². The Labute approximate surface area is 107 Å². The Kier molecular flexibility index (Phi) is 5.29. The Morgan fingerprint density at radius 1 is 1.53 bits per heavy atom. The molecule has 0 spiro atoms. The minimum Gasteiger partial charge on any atom is -0.495 e. The van der Waals surface area contributed by atoms with Crippen LogP contribution in [0.1, 0.15) is 37.0 Å². The van der Waals surface area contributed by atoms with Crippen molar-refractivity contribution in [1.29, 1.82) is 0 Å². The van der Waals surface area contributed by atoms with Gasteiger partial charge in [0.1, 0.15) is 5.75 Å². The maximum absolute atomic E-state index is 11.9. The first-order chi connectivity index (χ1) is 8.08. The van der Waals surface area contributed by atoms with Gasteiger partial charge in [-0.2, -0.15) is 0 Å². The SMILES string of the molecule is CCCC(C)NC(=O)c1ccc(OC)c(Cl)c1. The van der Waals surface area contributed by atoms with E-state index in [0.29, 0.717) is 16.3 Å². The number of hydrogen-bond donors (Lipinski definition) is 1. The van der Waals surface area contributed by atoms with Crippen LogP contribution in [0, 0.1) is 0 Å². The zero-order valence-corrected chi connectivity index (χ0v) is 11.2. The lowest BCUT2D eigenvalue weighted by molar-refractivity contribution is 0.0938. The largest absolute Gasteiger partial charge is 0.495 e. The smallest absolute Gasteiger partial charge is 0.251 e. The van der Waals surface area contributed by atoms with E-state index in [1.54, 1.807) is 25.3 Å².